The van der Waals surface area contributed by atoms with Crippen LogP contribution in [0.2, 0.25) is 5.02 Å². The zero-order valence-electron chi connectivity index (χ0n) is 33.9. The van der Waals surface area contributed by atoms with Crippen LogP contribution in [-0.4, -0.2) is 58.8 Å². The van der Waals surface area contributed by atoms with Crippen molar-refractivity contribution in [3.8, 4) is 0 Å². The minimum atomic E-state index is -4.96. The number of amides is 7. The van der Waals surface area contributed by atoms with Crippen LogP contribution in [-0.2, 0) is 33.6 Å². The van der Waals surface area contributed by atoms with Gasteiger partial charge < -0.3 is 26.2 Å². The molecule has 334 valence electrons. The molecular weight excluding hydrogens is 867 g/mol. The Hall–Kier alpha value is -6.69. The topological polar surface area (TPSA) is 183 Å². The fourth-order valence-corrected chi connectivity index (χ4v) is 8.21. The van der Waals surface area contributed by atoms with Crippen LogP contribution in [0.15, 0.2) is 66.7 Å². The molecule has 5 N–H and O–H groups in total. The Kier molecular flexibility index (Phi) is 13.4. The van der Waals surface area contributed by atoms with Gasteiger partial charge in [0.2, 0.25) is 17.7 Å². The summed E-state index contributed by atoms with van der Waals surface area (Å²) >= 11 is 6.35. The van der Waals surface area contributed by atoms with E-state index in [9.17, 15) is 55.5 Å². The summed E-state index contributed by atoms with van der Waals surface area (Å²) in [5, 5.41) is 13.0. The van der Waals surface area contributed by atoms with Crippen molar-refractivity contribution in [1.29, 1.82) is 0 Å². The largest absolute Gasteiger partial charge is 0.416 e. The number of nitrogens with one attached hydrogen (secondary N) is 5. The number of nitrogens with zero attached hydrogens (tertiary/aromatic N) is 1. The smallest absolute Gasteiger partial charge is 0.352 e. The van der Waals surface area contributed by atoms with Gasteiger partial charge in [-0.3, -0.25) is 38.9 Å². The number of piperidine rings is 1. The second-order valence-electron chi connectivity index (χ2n) is 15.7. The van der Waals surface area contributed by atoms with Crippen molar-refractivity contribution in [2.45, 2.75) is 82.7 Å². The number of carbonyl (C=O) groups excluding carboxylic acids is 7. The minimum absolute atomic E-state index is 0.0527. The molecule has 1 fully saturated rings. The van der Waals surface area contributed by atoms with E-state index in [1.807, 2.05) is 6.07 Å². The molecular formula is C45H40ClF5N6O7. The Morgan fingerprint density at radius 2 is 1.55 bits per heavy atom. The molecule has 3 aliphatic heterocycles. The molecule has 3 aliphatic rings. The molecule has 19 heteroatoms. The van der Waals surface area contributed by atoms with E-state index in [4.69, 9.17) is 11.6 Å². The molecule has 7 amide bonds. The maximum Gasteiger partial charge on any atom is 0.416 e. The van der Waals surface area contributed by atoms with Gasteiger partial charge in [-0.15, -0.1) is 0 Å². The van der Waals surface area contributed by atoms with Gasteiger partial charge in [0, 0.05) is 76.6 Å². The summed E-state index contributed by atoms with van der Waals surface area (Å²) in [4.78, 5) is 90.8. The number of unbranched alkanes of at least 4 members (excludes halogenated alkanes) is 4. The summed E-state index contributed by atoms with van der Waals surface area (Å²) in [6.45, 7) is 0.695. The normalized spacial score (nSPS) is 16.8. The molecule has 2 atom stereocenters. The quantitative estimate of drug-likeness (QED) is 0.0490. The Balaban J connectivity index is 0.898. The van der Waals surface area contributed by atoms with Crippen LogP contribution in [0.3, 0.4) is 0 Å². The number of anilines is 1. The number of alkyl halides is 3. The molecule has 13 nitrogen and oxygen atoms in total. The van der Waals surface area contributed by atoms with E-state index in [0.29, 0.717) is 37.0 Å². The molecule has 1 saturated heterocycles. The molecule has 0 aromatic heterocycles. The van der Waals surface area contributed by atoms with Crippen LogP contribution >= 0.6 is 11.6 Å². The highest BCUT2D eigenvalue weighted by atomic mass is 35.5. The highest BCUT2D eigenvalue weighted by Gasteiger charge is 2.40. The number of benzene rings is 4. The standard InChI is InChI=1S/C45H40ClF5N6O7/c46-33-10-8-28(47)20-31(33)39-38-32(42(62)56-39)17-25(18-34(38)54-41(61)24-15-27(45(49,50)51)19-29(48)16-24)40(60)52-13-5-3-1-2-4-6-36(58)53-21-23-7-9-30-26(14-23)22-57(44(30)64)35-11-12-37(59)55-43(35)63/h7-10,14-20,35,39H,1-6,11-13,21-22H2,(H,52,60)(H,53,58)(H,54,61)(H,56,62)(H,55,59,63)/t35?,39-/m1/s1. The van der Waals surface area contributed by atoms with Crippen molar-refractivity contribution >= 4 is 58.6 Å². The van der Waals surface area contributed by atoms with Gasteiger partial charge in [-0.2, -0.15) is 13.2 Å². The van der Waals surface area contributed by atoms with Crippen LogP contribution in [0.5, 0.6) is 0 Å². The number of halogens is 6. The van der Waals surface area contributed by atoms with E-state index in [-0.39, 0.29) is 95.6 Å². The van der Waals surface area contributed by atoms with Gasteiger partial charge in [0.25, 0.3) is 23.6 Å². The lowest BCUT2D eigenvalue weighted by molar-refractivity contribution is -0.138. The second kappa shape index (κ2) is 19.0. The third-order valence-corrected chi connectivity index (χ3v) is 11.5. The van der Waals surface area contributed by atoms with Gasteiger partial charge >= 0.3 is 6.18 Å². The van der Waals surface area contributed by atoms with E-state index in [1.165, 1.54) is 23.1 Å². The van der Waals surface area contributed by atoms with Gasteiger partial charge in [-0.1, -0.05) is 43.0 Å². The van der Waals surface area contributed by atoms with Gasteiger partial charge in [-0.05, 0) is 85.0 Å². The Bertz CT molecular complexity index is 2590. The first-order valence-corrected chi connectivity index (χ1v) is 20.8. The fraction of sp³-hybridized carbons (Fsp3) is 0.311. The van der Waals surface area contributed by atoms with E-state index in [1.54, 1.807) is 12.1 Å². The highest BCUT2D eigenvalue weighted by molar-refractivity contribution is 6.31. The number of carbonyl (C=O) groups is 7. The molecule has 4 aromatic carbocycles. The van der Waals surface area contributed by atoms with Crippen LogP contribution in [0.25, 0.3) is 0 Å². The molecule has 4 aromatic rings. The monoisotopic (exact) mass is 906 g/mol. The first kappa shape index (κ1) is 45.3. The predicted molar refractivity (Wildman–Crippen MR) is 221 cm³/mol. The van der Waals surface area contributed by atoms with E-state index < -0.39 is 64.7 Å². The zero-order valence-corrected chi connectivity index (χ0v) is 34.6. The molecule has 0 aliphatic carbocycles. The van der Waals surface area contributed by atoms with Gasteiger partial charge in [0.1, 0.15) is 17.7 Å². The van der Waals surface area contributed by atoms with E-state index >= 15 is 0 Å². The maximum atomic E-state index is 14.3. The average molecular weight is 907 g/mol. The minimum Gasteiger partial charge on any atom is -0.352 e. The third-order valence-electron chi connectivity index (χ3n) is 11.2. The maximum absolute atomic E-state index is 14.3. The number of hydrogen-bond acceptors (Lipinski definition) is 7. The predicted octanol–water partition coefficient (Wildman–Crippen LogP) is 6.87. The summed E-state index contributed by atoms with van der Waals surface area (Å²) in [7, 11) is 0. The first-order chi connectivity index (χ1) is 30.5. The summed E-state index contributed by atoms with van der Waals surface area (Å²) in [6, 6.07) is 10.6. The molecule has 64 heavy (non-hydrogen) atoms. The van der Waals surface area contributed by atoms with Crippen LogP contribution < -0.4 is 26.6 Å². The second-order valence-corrected chi connectivity index (χ2v) is 16.1. The molecule has 0 bridgehead atoms. The summed E-state index contributed by atoms with van der Waals surface area (Å²) in [5.41, 5.74) is -0.275. The van der Waals surface area contributed by atoms with Gasteiger partial charge in [0.05, 0.1) is 11.6 Å². The van der Waals surface area contributed by atoms with Gasteiger partial charge in [0.15, 0.2) is 0 Å². The summed E-state index contributed by atoms with van der Waals surface area (Å²) in [5.74, 6) is -5.81. The third kappa shape index (κ3) is 10.2. The van der Waals surface area contributed by atoms with E-state index in [2.05, 4.69) is 26.6 Å². The highest BCUT2D eigenvalue weighted by Crippen LogP contribution is 2.41. The Labute approximate surface area is 367 Å². The number of hydrogen-bond donors (Lipinski definition) is 5. The van der Waals surface area contributed by atoms with Crippen molar-refractivity contribution in [3.05, 3.63) is 133 Å². The summed E-state index contributed by atoms with van der Waals surface area (Å²) < 4.78 is 68.9. The molecule has 0 spiro atoms. The lowest BCUT2D eigenvalue weighted by Crippen LogP contribution is -2.52. The average Bonchev–Trinajstić information content (AvgIpc) is 3.76. The van der Waals surface area contributed by atoms with Crippen molar-refractivity contribution < 1.29 is 55.5 Å². The van der Waals surface area contributed by atoms with E-state index in [0.717, 1.165) is 36.1 Å². The van der Waals surface area contributed by atoms with Crippen LogP contribution in [0.4, 0.5) is 27.6 Å². The lowest BCUT2D eigenvalue weighted by Gasteiger charge is -2.29. The van der Waals surface area contributed by atoms with Crippen molar-refractivity contribution in [2.24, 2.45) is 0 Å². The van der Waals surface area contributed by atoms with Crippen LogP contribution in [0, 0.1) is 11.6 Å². The molecule has 3 heterocycles. The fourth-order valence-electron chi connectivity index (χ4n) is 7.99. The molecule has 0 radical (unpaired) electrons. The van der Waals surface area contributed by atoms with Crippen LogP contribution in [0.1, 0.15) is 127 Å². The SMILES string of the molecule is O=C(CCCCCCCNC(=O)c1cc(NC(=O)c2cc(F)cc(C(F)(F)F)c2)c2c(c1)C(=O)N[C@@H]2c1cc(F)ccc1Cl)NCc1ccc2c(c1)CN(C1CCC(=O)NC1=O)C2=O. The Morgan fingerprint density at radius 3 is 2.31 bits per heavy atom. The number of fused-ring (bicyclic) bond motifs is 2. The molecule has 1 unspecified atom stereocenters. The first-order valence-electron chi connectivity index (χ1n) is 20.4. The van der Waals surface area contributed by atoms with Gasteiger partial charge in [-0.25, -0.2) is 8.78 Å². The zero-order chi connectivity index (χ0) is 45.9. The van der Waals surface area contributed by atoms with Crippen molar-refractivity contribution in [3.63, 3.8) is 0 Å². The molecule has 0 saturated carbocycles. The molecule has 7 rings (SSSR count). The summed E-state index contributed by atoms with van der Waals surface area (Å²) in [6.07, 6.45) is -0.922. The number of rotatable bonds is 15. The lowest BCUT2D eigenvalue weighted by atomic mass is 9.94. The van der Waals surface area contributed by atoms with Crippen molar-refractivity contribution in [2.75, 3.05) is 11.9 Å². The van der Waals surface area contributed by atoms with Crippen molar-refractivity contribution in [1.82, 2.24) is 26.2 Å². The number of imide groups is 1. The Morgan fingerprint density at radius 1 is 0.797 bits per heavy atom.